The number of rotatable bonds is 3. The number of alkyl halides is 3. The molecule has 150 valence electrons. The number of furan rings is 1. The van der Waals surface area contributed by atoms with Gasteiger partial charge < -0.3 is 14.9 Å². The predicted molar refractivity (Wildman–Crippen MR) is 92.1 cm³/mol. The summed E-state index contributed by atoms with van der Waals surface area (Å²) in [5.74, 6) is -1.19. The second-order valence-corrected chi connectivity index (χ2v) is 6.50. The van der Waals surface area contributed by atoms with Crippen LogP contribution in [-0.4, -0.2) is 15.9 Å². The SMILES string of the molecule is Cc1ccc(-c2nc(N)nc3c2C(=O)OC3Cc2ccc(F)cc2C(F)(F)F)o1. The van der Waals surface area contributed by atoms with E-state index in [9.17, 15) is 22.4 Å². The van der Waals surface area contributed by atoms with Crippen molar-refractivity contribution in [2.45, 2.75) is 25.6 Å². The second-order valence-electron chi connectivity index (χ2n) is 6.50. The van der Waals surface area contributed by atoms with Gasteiger partial charge in [0.2, 0.25) is 5.95 Å². The molecule has 10 heteroatoms. The van der Waals surface area contributed by atoms with Gasteiger partial charge in [0.25, 0.3) is 0 Å². The van der Waals surface area contributed by atoms with Crippen LogP contribution in [0.2, 0.25) is 0 Å². The summed E-state index contributed by atoms with van der Waals surface area (Å²) in [7, 11) is 0. The smallest absolute Gasteiger partial charge is 0.416 e. The Morgan fingerprint density at radius 1 is 1.17 bits per heavy atom. The molecule has 0 fully saturated rings. The number of hydrogen-bond donors (Lipinski definition) is 1. The number of benzene rings is 1. The van der Waals surface area contributed by atoms with Crippen molar-refractivity contribution in [1.29, 1.82) is 0 Å². The number of hydrogen-bond acceptors (Lipinski definition) is 6. The number of nitrogens with zero attached hydrogens (tertiary/aromatic N) is 2. The lowest BCUT2D eigenvalue weighted by Gasteiger charge is -2.16. The van der Waals surface area contributed by atoms with Crippen LogP contribution in [0.3, 0.4) is 0 Å². The predicted octanol–water partition coefficient (Wildman–Crippen LogP) is 4.24. The highest BCUT2D eigenvalue weighted by atomic mass is 19.4. The lowest BCUT2D eigenvalue weighted by Crippen LogP contribution is -2.13. The van der Waals surface area contributed by atoms with Crippen molar-refractivity contribution >= 4 is 11.9 Å². The number of aromatic nitrogens is 2. The van der Waals surface area contributed by atoms with Crippen LogP contribution in [0, 0.1) is 12.7 Å². The lowest BCUT2D eigenvalue weighted by atomic mass is 9.98. The van der Waals surface area contributed by atoms with Crippen LogP contribution in [0.25, 0.3) is 11.5 Å². The number of fused-ring (bicyclic) bond motifs is 1. The number of aryl methyl sites for hydroxylation is 1. The Morgan fingerprint density at radius 2 is 1.93 bits per heavy atom. The Labute approximate surface area is 161 Å². The van der Waals surface area contributed by atoms with Crippen molar-refractivity contribution in [3.63, 3.8) is 0 Å². The first-order valence-electron chi connectivity index (χ1n) is 8.44. The van der Waals surface area contributed by atoms with Gasteiger partial charge in [-0.05, 0) is 36.8 Å². The molecule has 6 nitrogen and oxygen atoms in total. The summed E-state index contributed by atoms with van der Waals surface area (Å²) in [6.45, 7) is 1.70. The molecule has 0 aliphatic carbocycles. The van der Waals surface area contributed by atoms with E-state index in [1.54, 1.807) is 19.1 Å². The minimum Gasteiger partial charge on any atom is -0.460 e. The normalized spacial score (nSPS) is 16.0. The van der Waals surface area contributed by atoms with Crippen LogP contribution in [0.5, 0.6) is 0 Å². The minimum atomic E-state index is -4.77. The Bertz CT molecular complexity index is 1120. The maximum atomic E-state index is 13.4. The maximum absolute atomic E-state index is 13.4. The largest absolute Gasteiger partial charge is 0.460 e. The first kappa shape index (κ1) is 18.9. The van der Waals surface area contributed by atoms with Gasteiger partial charge in [0.15, 0.2) is 5.76 Å². The van der Waals surface area contributed by atoms with E-state index >= 15 is 0 Å². The molecular weight excluding hydrogens is 394 g/mol. The average Bonchev–Trinajstić information content (AvgIpc) is 3.19. The Hall–Kier alpha value is -3.43. The molecule has 0 bridgehead atoms. The molecule has 0 radical (unpaired) electrons. The van der Waals surface area contributed by atoms with Gasteiger partial charge in [-0.3, -0.25) is 0 Å². The highest BCUT2D eigenvalue weighted by Crippen LogP contribution is 2.40. The van der Waals surface area contributed by atoms with Gasteiger partial charge in [-0.2, -0.15) is 13.2 Å². The molecule has 1 aromatic carbocycles. The highest BCUT2D eigenvalue weighted by Gasteiger charge is 2.40. The summed E-state index contributed by atoms with van der Waals surface area (Å²) >= 11 is 0. The van der Waals surface area contributed by atoms with E-state index in [-0.39, 0.29) is 40.6 Å². The van der Waals surface area contributed by atoms with Crippen molar-refractivity contribution in [3.05, 3.63) is 64.3 Å². The summed E-state index contributed by atoms with van der Waals surface area (Å²) in [6.07, 6.45) is -6.27. The topological polar surface area (TPSA) is 91.2 Å². The zero-order valence-electron chi connectivity index (χ0n) is 14.9. The lowest BCUT2D eigenvalue weighted by molar-refractivity contribution is -0.138. The molecule has 0 amide bonds. The minimum absolute atomic E-state index is 0.0192. The van der Waals surface area contributed by atoms with E-state index in [0.29, 0.717) is 11.8 Å². The van der Waals surface area contributed by atoms with Gasteiger partial charge in [0.1, 0.15) is 34.6 Å². The highest BCUT2D eigenvalue weighted by molar-refractivity contribution is 5.99. The van der Waals surface area contributed by atoms with Crippen molar-refractivity contribution in [1.82, 2.24) is 9.97 Å². The number of nitrogens with two attached hydrogens (primary N) is 1. The van der Waals surface area contributed by atoms with E-state index in [1.807, 2.05) is 0 Å². The molecular formula is C19H13F4N3O3. The summed E-state index contributed by atoms with van der Waals surface area (Å²) in [6, 6.07) is 5.56. The molecule has 2 aromatic heterocycles. The number of cyclic esters (lactones) is 1. The van der Waals surface area contributed by atoms with E-state index in [1.165, 1.54) is 0 Å². The first-order valence-corrected chi connectivity index (χ1v) is 8.44. The Kier molecular flexibility index (Phi) is 4.29. The van der Waals surface area contributed by atoms with Gasteiger partial charge in [0.05, 0.1) is 5.56 Å². The number of halogens is 4. The fourth-order valence-electron chi connectivity index (χ4n) is 3.24. The van der Waals surface area contributed by atoms with E-state index in [4.69, 9.17) is 14.9 Å². The molecule has 3 aromatic rings. The molecule has 4 rings (SSSR count). The summed E-state index contributed by atoms with van der Waals surface area (Å²) in [5.41, 5.74) is 4.49. The maximum Gasteiger partial charge on any atom is 0.416 e. The van der Waals surface area contributed by atoms with Gasteiger partial charge in [-0.1, -0.05) is 6.07 Å². The molecule has 2 N–H and O–H groups in total. The number of nitrogen functional groups attached to an aromatic ring is 1. The van der Waals surface area contributed by atoms with Crippen molar-refractivity contribution in [2.75, 3.05) is 5.73 Å². The standard InChI is InChI=1S/C19H13F4N3O3/c1-8-2-5-12(28-8)15-14-16(26-18(24)25-15)13(29-17(14)27)6-9-3-4-10(20)7-11(9)19(21,22)23/h2-5,7,13H,6H2,1H3,(H2,24,25,26). The van der Waals surface area contributed by atoms with Crippen LogP contribution in [0.1, 0.15) is 39.0 Å². The van der Waals surface area contributed by atoms with Crippen LogP contribution in [0.4, 0.5) is 23.5 Å². The summed E-state index contributed by atoms with van der Waals surface area (Å²) in [5, 5.41) is 0. The zero-order chi connectivity index (χ0) is 20.9. The monoisotopic (exact) mass is 407 g/mol. The zero-order valence-corrected chi connectivity index (χ0v) is 14.9. The number of carbonyl (C=O) groups excluding carboxylic acids is 1. The molecule has 1 atom stereocenters. The van der Waals surface area contributed by atoms with Crippen molar-refractivity contribution in [3.8, 4) is 11.5 Å². The number of ether oxygens (including phenoxy) is 1. The first-order chi connectivity index (χ1) is 13.6. The third-order valence-electron chi connectivity index (χ3n) is 4.47. The van der Waals surface area contributed by atoms with Crippen LogP contribution in [0.15, 0.2) is 34.7 Å². The van der Waals surface area contributed by atoms with Gasteiger partial charge >= 0.3 is 12.1 Å². The van der Waals surface area contributed by atoms with Gasteiger partial charge in [-0.15, -0.1) is 0 Å². The summed E-state index contributed by atoms with van der Waals surface area (Å²) in [4.78, 5) is 20.5. The molecule has 1 unspecified atom stereocenters. The van der Waals surface area contributed by atoms with E-state index in [2.05, 4.69) is 9.97 Å². The van der Waals surface area contributed by atoms with Crippen LogP contribution < -0.4 is 5.73 Å². The second kappa shape index (κ2) is 6.57. The molecule has 0 spiro atoms. The number of carbonyl (C=O) groups is 1. The molecule has 0 saturated heterocycles. The molecule has 3 heterocycles. The average molecular weight is 407 g/mol. The number of anilines is 1. The van der Waals surface area contributed by atoms with Gasteiger partial charge in [0, 0.05) is 6.42 Å². The third kappa shape index (κ3) is 3.41. The van der Waals surface area contributed by atoms with Crippen molar-refractivity contribution in [2.24, 2.45) is 0 Å². The molecule has 29 heavy (non-hydrogen) atoms. The molecule has 1 aliphatic rings. The molecule has 0 saturated carbocycles. The fraction of sp³-hybridized carbons (Fsp3) is 0.211. The van der Waals surface area contributed by atoms with E-state index < -0.39 is 29.6 Å². The Morgan fingerprint density at radius 3 is 2.59 bits per heavy atom. The molecule has 1 aliphatic heterocycles. The van der Waals surface area contributed by atoms with Crippen LogP contribution >= 0.6 is 0 Å². The Balaban J connectivity index is 1.78. The van der Waals surface area contributed by atoms with Crippen LogP contribution in [-0.2, 0) is 17.3 Å². The summed E-state index contributed by atoms with van der Waals surface area (Å²) < 4.78 is 64.0. The van der Waals surface area contributed by atoms with E-state index in [0.717, 1.165) is 12.1 Å². The quantitative estimate of drug-likeness (QED) is 0.516. The third-order valence-corrected chi connectivity index (χ3v) is 4.47. The fourth-order valence-corrected chi connectivity index (χ4v) is 3.24. The van der Waals surface area contributed by atoms with Crippen molar-refractivity contribution < 1.29 is 31.5 Å². The number of esters is 1. The van der Waals surface area contributed by atoms with Gasteiger partial charge in [-0.25, -0.2) is 19.2 Å².